The van der Waals surface area contributed by atoms with Gasteiger partial charge in [-0.3, -0.25) is 14.8 Å². The fourth-order valence-corrected chi connectivity index (χ4v) is 1.98. The first-order valence-electron chi connectivity index (χ1n) is 8.30. The quantitative estimate of drug-likeness (QED) is 0.246. The number of hydroxylamine groups is 1. The monoisotopic (exact) mass is 350 g/mol. The van der Waals surface area contributed by atoms with Crippen molar-refractivity contribution >= 4 is 17.9 Å². The van der Waals surface area contributed by atoms with E-state index in [1.165, 1.54) is 6.08 Å². The summed E-state index contributed by atoms with van der Waals surface area (Å²) in [6.45, 7) is 3.09. The lowest BCUT2D eigenvalue weighted by atomic mass is 10.2. The van der Waals surface area contributed by atoms with E-state index in [9.17, 15) is 9.59 Å². The van der Waals surface area contributed by atoms with Crippen LogP contribution in [0.4, 0.5) is 0 Å². The minimum absolute atomic E-state index is 0.150. The summed E-state index contributed by atoms with van der Waals surface area (Å²) < 4.78 is 11.0. The molecule has 3 N–H and O–H groups in total. The first kappa shape index (κ1) is 20.5. The summed E-state index contributed by atoms with van der Waals surface area (Å²) in [5.74, 6) is 0.568. The molecule has 7 heteroatoms. The van der Waals surface area contributed by atoms with Gasteiger partial charge in [-0.25, -0.2) is 5.48 Å². The van der Waals surface area contributed by atoms with Gasteiger partial charge in [-0.1, -0.05) is 19.4 Å². The van der Waals surface area contributed by atoms with E-state index < -0.39 is 5.91 Å². The molecule has 1 aromatic rings. The fourth-order valence-electron chi connectivity index (χ4n) is 1.98. The van der Waals surface area contributed by atoms with E-state index in [0.717, 1.165) is 18.4 Å². The second kappa shape index (κ2) is 11.9. The predicted octanol–water partition coefficient (Wildman–Crippen LogP) is 2.29. The summed E-state index contributed by atoms with van der Waals surface area (Å²) in [7, 11) is 1.57. The maximum Gasteiger partial charge on any atom is 0.243 e. The van der Waals surface area contributed by atoms with Crippen LogP contribution in [0.3, 0.4) is 0 Å². The van der Waals surface area contributed by atoms with Crippen molar-refractivity contribution < 1.29 is 24.3 Å². The van der Waals surface area contributed by atoms with Crippen LogP contribution in [0.2, 0.25) is 0 Å². The molecule has 7 nitrogen and oxygen atoms in total. The fraction of sp³-hybridized carbons (Fsp3) is 0.444. The van der Waals surface area contributed by atoms with Crippen LogP contribution >= 0.6 is 0 Å². The summed E-state index contributed by atoms with van der Waals surface area (Å²) in [6.07, 6.45) is 5.72. The first-order valence-corrected chi connectivity index (χ1v) is 8.30. The molecule has 0 aliphatic heterocycles. The zero-order valence-corrected chi connectivity index (χ0v) is 14.7. The van der Waals surface area contributed by atoms with Gasteiger partial charge in [0.2, 0.25) is 11.8 Å². The molecule has 0 radical (unpaired) electrons. The van der Waals surface area contributed by atoms with Crippen LogP contribution in [0.5, 0.6) is 11.5 Å². The molecule has 0 spiro atoms. The molecule has 0 fully saturated rings. The summed E-state index contributed by atoms with van der Waals surface area (Å²) in [5, 5.41) is 11.0. The van der Waals surface area contributed by atoms with Gasteiger partial charge in [-0.05, 0) is 36.6 Å². The third-order valence-corrected chi connectivity index (χ3v) is 3.37. The van der Waals surface area contributed by atoms with E-state index in [1.54, 1.807) is 24.7 Å². The zero-order chi connectivity index (χ0) is 18.5. The van der Waals surface area contributed by atoms with Crippen molar-refractivity contribution in [3.63, 3.8) is 0 Å². The lowest BCUT2D eigenvalue weighted by Gasteiger charge is -2.10. The molecule has 0 atom stereocenters. The Hall–Kier alpha value is -2.54. The average Bonchev–Trinajstić information content (AvgIpc) is 2.64. The topological polar surface area (TPSA) is 96.9 Å². The number of carbonyl (C=O) groups is 2. The second-order valence-corrected chi connectivity index (χ2v) is 5.38. The summed E-state index contributed by atoms with van der Waals surface area (Å²) in [6, 6.07) is 5.47. The van der Waals surface area contributed by atoms with Gasteiger partial charge in [0, 0.05) is 19.0 Å². The van der Waals surface area contributed by atoms with Crippen molar-refractivity contribution in [2.24, 2.45) is 0 Å². The molecule has 1 rings (SSSR count). The van der Waals surface area contributed by atoms with Crippen LogP contribution in [0.25, 0.3) is 6.08 Å². The van der Waals surface area contributed by atoms with E-state index in [-0.39, 0.29) is 12.3 Å². The van der Waals surface area contributed by atoms with Crippen LogP contribution in [-0.4, -0.2) is 37.3 Å². The van der Waals surface area contributed by atoms with Gasteiger partial charge >= 0.3 is 0 Å². The lowest BCUT2D eigenvalue weighted by molar-refractivity contribution is -0.129. The van der Waals surface area contributed by atoms with E-state index in [1.807, 2.05) is 12.1 Å². The molecular weight excluding hydrogens is 324 g/mol. The highest BCUT2D eigenvalue weighted by atomic mass is 16.5. The Morgan fingerprint density at radius 1 is 1.24 bits per heavy atom. The second-order valence-electron chi connectivity index (χ2n) is 5.38. The standard InChI is InChI=1S/C18H26N2O5/c1-3-4-12-25-15-9-7-14(13-16(15)24-2)8-10-17(21)19-11-5-6-18(22)20-23/h7-10,13,23H,3-6,11-12H2,1-2H3,(H,19,21)(H,20,22)/b10-8+. The van der Waals surface area contributed by atoms with Gasteiger partial charge in [0.05, 0.1) is 13.7 Å². The van der Waals surface area contributed by atoms with Gasteiger partial charge in [-0.2, -0.15) is 0 Å². The van der Waals surface area contributed by atoms with E-state index in [2.05, 4.69) is 12.2 Å². The summed E-state index contributed by atoms with van der Waals surface area (Å²) in [5.41, 5.74) is 2.36. The van der Waals surface area contributed by atoms with E-state index in [4.69, 9.17) is 14.7 Å². The molecule has 0 bridgehead atoms. The molecule has 138 valence electrons. The Morgan fingerprint density at radius 3 is 2.72 bits per heavy atom. The first-order chi connectivity index (χ1) is 12.1. The number of nitrogens with one attached hydrogen (secondary N) is 2. The minimum Gasteiger partial charge on any atom is -0.493 e. The third-order valence-electron chi connectivity index (χ3n) is 3.37. The van der Waals surface area contributed by atoms with Crippen molar-refractivity contribution in [1.82, 2.24) is 10.8 Å². The van der Waals surface area contributed by atoms with Crippen LogP contribution in [0.1, 0.15) is 38.2 Å². The van der Waals surface area contributed by atoms with Crippen LogP contribution in [0, 0.1) is 0 Å². The van der Waals surface area contributed by atoms with Crippen molar-refractivity contribution in [2.75, 3.05) is 20.3 Å². The Morgan fingerprint density at radius 2 is 2.04 bits per heavy atom. The molecule has 0 saturated carbocycles. The maximum absolute atomic E-state index is 11.7. The van der Waals surface area contributed by atoms with Gasteiger partial charge in [0.25, 0.3) is 0 Å². The third kappa shape index (κ3) is 8.21. The van der Waals surface area contributed by atoms with Crippen molar-refractivity contribution in [3.05, 3.63) is 29.8 Å². The van der Waals surface area contributed by atoms with Gasteiger partial charge in [0.1, 0.15) is 0 Å². The number of benzene rings is 1. The molecule has 0 saturated heterocycles. The number of amides is 2. The molecule has 25 heavy (non-hydrogen) atoms. The Kier molecular flexibility index (Phi) is 9.77. The van der Waals surface area contributed by atoms with Gasteiger partial charge in [-0.15, -0.1) is 0 Å². The van der Waals surface area contributed by atoms with Crippen LogP contribution in [-0.2, 0) is 9.59 Å². The largest absolute Gasteiger partial charge is 0.493 e. The molecule has 0 aliphatic rings. The molecular formula is C18H26N2O5. The molecule has 0 heterocycles. The number of methoxy groups -OCH3 is 1. The average molecular weight is 350 g/mol. The molecule has 2 amide bonds. The number of carbonyl (C=O) groups excluding carboxylic acids is 2. The van der Waals surface area contributed by atoms with Crippen LogP contribution < -0.4 is 20.3 Å². The number of unbranched alkanes of at least 4 members (excludes halogenated alkanes) is 1. The maximum atomic E-state index is 11.7. The highest BCUT2D eigenvalue weighted by Crippen LogP contribution is 2.28. The highest BCUT2D eigenvalue weighted by molar-refractivity contribution is 5.91. The van der Waals surface area contributed by atoms with Gasteiger partial charge < -0.3 is 14.8 Å². The Labute approximate surface area is 148 Å². The minimum atomic E-state index is -0.474. The summed E-state index contributed by atoms with van der Waals surface area (Å²) in [4.78, 5) is 22.6. The van der Waals surface area contributed by atoms with Gasteiger partial charge in [0.15, 0.2) is 11.5 Å². The van der Waals surface area contributed by atoms with Crippen LogP contribution in [0.15, 0.2) is 24.3 Å². The molecule has 0 unspecified atom stereocenters. The van der Waals surface area contributed by atoms with E-state index >= 15 is 0 Å². The van der Waals surface area contributed by atoms with Crippen molar-refractivity contribution in [2.45, 2.75) is 32.6 Å². The number of ether oxygens (including phenoxy) is 2. The Balaban J connectivity index is 2.50. The number of hydrogen-bond donors (Lipinski definition) is 3. The lowest BCUT2D eigenvalue weighted by Crippen LogP contribution is -2.24. The SMILES string of the molecule is CCCCOc1ccc(/C=C/C(=O)NCCCC(=O)NO)cc1OC. The van der Waals surface area contributed by atoms with Crippen molar-refractivity contribution in [1.29, 1.82) is 0 Å². The zero-order valence-electron chi connectivity index (χ0n) is 14.7. The Bertz CT molecular complexity index is 587. The number of hydrogen-bond acceptors (Lipinski definition) is 5. The predicted molar refractivity (Wildman–Crippen MR) is 94.6 cm³/mol. The molecule has 1 aromatic carbocycles. The number of rotatable bonds is 11. The highest BCUT2D eigenvalue weighted by Gasteiger charge is 2.05. The smallest absolute Gasteiger partial charge is 0.243 e. The van der Waals surface area contributed by atoms with E-state index in [0.29, 0.717) is 31.1 Å². The summed E-state index contributed by atoms with van der Waals surface area (Å²) >= 11 is 0. The normalized spacial score (nSPS) is 10.5. The van der Waals surface area contributed by atoms with Crippen molar-refractivity contribution in [3.8, 4) is 11.5 Å². The molecule has 0 aromatic heterocycles. The molecule has 0 aliphatic carbocycles.